The van der Waals surface area contributed by atoms with Gasteiger partial charge in [-0.3, -0.25) is 0 Å². The number of hydrogen-bond acceptors (Lipinski definition) is 0. The van der Waals surface area contributed by atoms with E-state index < -0.39 is 20.8 Å². The maximum Gasteiger partial charge on any atom is -0.0324 e. The number of hydrogen-bond donors (Lipinski definition) is 0. The van der Waals surface area contributed by atoms with Crippen LogP contribution in [0.25, 0.3) is 6.08 Å². The first-order chi connectivity index (χ1) is 5.88. The Hall–Kier alpha value is 0.423. The van der Waals surface area contributed by atoms with Crippen molar-refractivity contribution in [1.29, 1.82) is 0 Å². The van der Waals surface area contributed by atoms with E-state index in [1.165, 1.54) is 11.1 Å². The molecule has 1 aliphatic rings. The molecule has 0 N–H and O–H groups in total. The minimum absolute atomic E-state index is 0.826. The Kier molecular flexibility index (Phi) is 5.22. The van der Waals surface area contributed by atoms with E-state index in [2.05, 4.69) is 24.3 Å². The number of halogens is 2. The van der Waals surface area contributed by atoms with Crippen LogP contribution < -0.4 is 0 Å². The maximum atomic E-state index is 4.93. The predicted octanol–water partition coefficient (Wildman–Crippen LogP) is 3.43. The Morgan fingerprint density at radius 3 is 2.83 bits per heavy atom. The topological polar surface area (TPSA) is 0 Å². The molecule has 0 unspecified atom stereocenters. The number of allylic oxidation sites excluding steroid dienone is 1. The molecule has 0 aromatic heterocycles. The molecular weight excluding hydrogens is 270 g/mol. The molecule has 0 atom stereocenters. The first kappa shape index (κ1) is 10.5. The van der Waals surface area contributed by atoms with Gasteiger partial charge in [-0.15, -0.1) is 17.2 Å². The van der Waals surface area contributed by atoms with Crippen molar-refractivity contribution < 1.29 is 20.8 Å². The minimum atomic E-state index is -0.826. The van der Waals surface area contributed by atoms with Gasteiger partial charge in [-0.05, 0) is 6.42 Å². The van der Waals surface area contributed by atoms with Crippen LogP contribution in [0.4, 0.5) is 0 Å². The fourth-order valence-corrected chi connectivity index (χ4v) is 1.13. The first-order valence-corrected chi connectivity index (χ1v) is 9.83. The zero-order valence-electron chi connectivity index (χ0n) is 6.35. The third-order valence-electron chi connectivity index (χ3n) is 1.63. The van der Waals surface area contributed by atoms with Crippen molar-refractivity contribution in [2.24, 2.45) is 0 Å². The van der Waals surface area contributed by atoms with Crippen LogP contribution in [0.3, 0.4) is 0 Å². The van der Waals surface area contributed by atoms with E-state index in [4.69, 9.17) is 17.0 Å². The zero-order chi connectivity index (χ0) is 8.81. The summed E-state index contributed by atoms with van der Waals surface area (Å²) in [7, 11) is 9.87. The van der Waals surface area contributed by atoms with E-state index in [-0.39, 0.29) is 0 Å². The van der Waals surface area contributed by atoms with Gasteiger partial charge in [0.15, 0.2) is 0 Å². The monoisotopic (exact) mass is 275 g/mol. The minimum Gasteiger partial charge on any atom is -0.183 e. The molecule has 0 aliphatic heterocycles. The van der Waals surface area contributed by atoms with Crippen molar-refractivity contribution in [2.75, 3.05) is 0 Å². The van der Waals surface area contributed by atoms with E-state index in [9.17, 15) is 0 Å². The molecule has 3 heteroatoms. The summed E-state index contributed by atoms with van der Waals surface area (Å²) in [5.74, 6) is 0. The summed E-state index contributed by atoms with van der Waals surface area (Å²) >= 11 is -0.826. The Bertz CT molecular complexity index is 271. The SMILES string of the molecule is [Cl][Zr][Cl].[c-]1ccc2c(c1)C=CC2. The number of benzene rings is 1. The van der Waals surface area contributed by atoms with Crippen LogP contribution >= 0.6 is 17.0 Å². The molecular formula is C9H7Cl2Zr-. The van der Waals surface area contributed by atoms with E-state index >= 15 is 0 Å². The summed E-state index contributed by atoms with van der Waals surface area (Å²) in [6, 6.07) is 9.15. The van der Waals surface area contributed by atoms with Crippen molar-refractivity contribution in [3.63, 3.8) is 0 Å². The fraction of sp³-hybridized carbons (Fsp3) is 0.111. The number of fused-ring (bicyclic) bond motifs is 1. The molecule has 2 rings (SSSR count). The van der Waals surface area contributed by atoms with Gasteiger partial charge in [0.05, 0.1) is 0 Å². The van der Waals surface area contributed by atoms with Crippen molar-refractivity contribution in [3.8, 4) is 0 Å². The molecule has 0 bridgehead atoms. The Labute approximate surface area is 91.2 Å². The largest absolute Gasteiger partial charge is 0.183 e. The van der Waals surface area contributed by atoms with Crippen LogP contribution in [0.5, 0.6) is 0 Å². The Morgan fingerprint density at radius 1 is 1.42 bits per heavy atom. The van der Waals surface area contributed by atoms with E-state index in [1.54, 1.807) is 0 Å². The standard InChI is InChI=1S/C9H7.2ClH.Zr/c1-2-5-9-7-3-6-8(9)4-1;;;/h1,3-5,7H,6H2;2*1H;/q-1;;;+2/p-2. The molecule has 62 valence electrons. The van der Waals surface area contributed by atoms with Gasteiger partial charge >= 0.3 is 37.9 Å². The molecule has 0 nitrogen and oxygen atoms in total. The van der Waals surface area contributed by atoms with Crippen LogP contribution in [-0.4, -0.2) is 0 Å². The summed E-state index contributed by atoms with van der Waals surface area (Å²) in [6.45, 7) is 0. The van der Waals surface area contributed by atoms with E-state index in [0.717, 1.165) is 6.42 Å². The summed E-state index contributed by atoms with van der Waals surface area (Å²) in [5, 5.41) is 0. The Morgan fingerprint density at radius 2 is 2.17 bits per heavy atom. The van der Waals surface area contributed by atoms with Crippen LogP contribution in [-0.2, 0) is 27.3 Å². The van der Waals surface area contributed by atoms with Gasteiger partial charge < -0.3 is 0 Å². The quantitative estimate of drug-likeness (QED) is 0.637. The summed E-state index contributed by atoms with van der Waals surface area (Å²) in [6.07, 6.45) is 5.42. The molecule has 1 aromatic rings. The van der Waals surface area contributed by atoms with Crippen LogP contribution in [0.2, 0.25) is 0 Å². The molecule has 12 heavy (non-hydrogen) atoms. The molecule has 0 fully saturated rings. The third kappa shape index (κ3) is 3.05. The summed E-state index contributed by atoms with van der Waals surface area (Å²) in [5.41, 5.74) is 2.76. The van der Waals surface area contributed by atoms with Gasteiger partial charge in [0.1, 0.15) is 0 Å². The average Bonchev–Trinajstić information content (AvgIpc) is 2.52. The van der Waals surface area contributed by atoms with Gasteiger partial charge in [-0.25, -0.2) is 0 Å². The second-order valence-electron chi connectivity index (χ2n) is 2.30. The predicted molar refractivity (Wildman–Crippen MR) is 49.7 cm³/mol. The van der Waals surface area contributed by atoms with Gasteiger partial charge in [-0.1, -0.05) is 6.08 Å². The smallest absolute Gasteiger partial charge is 0.0324 e. The van der Waals surface area contributed by atoms with Crippen molar-refractivity contribution in [2.45, 2.75) is 6.42 Å². The summed E-state index contributed by atoms with van der Waals surface area (Å²) < 4.78 is 0. The van der Waals surface area contributed by atoms with Crippen molar-refractivity contribution in [1.82, 2.24) is 0 Å². The van der Waals surface area contributed by atoms with Gasteiger partial charge in [0, 0.05) is 0 Å². The third-order valence-corrected chi connectivity index (χ3v) is 1.63. The average molecular weight is 277 g/mol. The summed E-state index contributed by atoms with van der Waals surface area (Å²) in [4.78, 5) is 0. The molecule has 0 radical (unpaired) electrons. The van der Waals surface area contributed by atoms with Crippen molar-refractivity contribution in [3.05, 3.63) is 41.5 Å². The number of rotatable bonds is 0. The van der Waals surface area contributed by atoms with Crippen molar-refractivity contribution >= 4 is 23.1 Å². The Balaban J connectivity index is 0.000000213. The maximum absolute atomic E-state index is 4.93. The second kappa shape index (κ2) is 5.97. The molecule has 0 saturated carbocycles. The molecule has 0 spiro atoms. The second-order valence-corrected chi connectivity index (χ2v) is 6.03. The normalized spacial score (nSPS) is 11.5. The van der Waals surface area contributed by atoms with Gasteiger partial charge in [0.25, 0.3) is 0 Å². The molecule has 1 aromatic carbocycles. The van der Waals surface area contributed by atoms with Gasteiger partial charge in [0.2, 0.25) is 0 Å². The van der Waals surface area contributed by atoms with Crippen LogP contribution in [0.15, 0.2) is 24.3 Å². The van der Waals surface area contributed by atoms with Crippen LogP contribution in [0, 0.1) is 6.07 Å². The van der Waals surface area contributed by atoms with E-state index in [1.807, 2.05) is 12.1 Å². The zero-order valence-corrected chi connectivity index (χ0v) is 10.3. The van der Waals surface area contributed by atoms with Gasteiger partial charge in [-0.2, -0.15) is 24.3 Å². The molecule has 0 saturated heterocycles. The van der Waals surface area contributed by atoms with E-state index in [0.29, 0.717) is 0 Å². The first-order valence-electron chi connectivity index (χ1n) is 3.50. The molecule has 1 aliphatic carbocycles. The molecule has 0 amide bonds. The fourth-order valence-electron chi connectivity index (χ4n) is 1.13. The van der Waals surface area contributed by atoms with Crippen LogP contribution in [0.1, 0.15) is 11.1 Å². The molecule has 0 heterocycles.